The molecule has 0 aromatic carbocycles. The minimum atomic E-state index is -0.682. The predicted octanol–water partition coefficient (Wildman–Crippen LogP) is 2.43. The van der Waals surface area contributed by atoms with E-state index >= 15 is 0 Å². The minimum absolute atomic E-state index is 0.244. The predicted molar refractivity (Wildman–Crippen MR) is 133 cm³/mol. The van der Waals surface area contributed by atoms with Crippen LogP contribution in [-0.2, 0) is 9.53 Å². The Kier molecular flexibility index (Phi) is 6.98. The summed E-state index contributed by atoms with van der Waals surface area (Å²) in [6.45, 7) is 2.53. The SMILES string of the molecule is COc1ccc2nc(NC(=O)C(CC3CCOCC3)n3ccc(N4CCC(O)C4)cc3=O)sc2n1. The lowest BCUT2D eigenvalue weighted by Crippen LogP contribution is -2.35. The van der Waals surface area contributed by atoms with Crippen LogP contribution < -0.4 is 20.5 Å². The maximum absolute atomic E-state index is 13.5. The molecule has 10 nitrogen and oxygen atoms in total. The fraction of sp³-hybridized carbons (Fsp3) is 0.500. The molecule has 1 amide bonds. The van der Waals surface area contributed by atoms with Crippen molar-refractivity contribution in [3.05, 3.63) is 40.8 Å². The smallest absolute Gasteiger partial charge is 0.253 e. The highest BCUT2D eigenvalue weighted by molar-refractivity contribution is 7.21. The zero-order chi connectivity index (χ0) is 24.4. The van der Waals surface area contributed by atoms with Crippen LogP contribution in [0.15, 0.2) is 35.3 Å². The third-order valence-corrected chi connectivity index (χ3v) is 7.55. The summed E-state index contributed by atoms with van der Waals surface area (Å²) in [6.07, 6.45) is 4.23. The lowest BCUT2D eigenvalue weighted by Gasteiger charge is -2.27. The molecule has 2 saturated heterocycles. The summed E-state index contributed by atoms with van der Waals surface area (Å²) >= 11 is 1.27. The number of β-amino-alcohol motifs (C(OH)–C–C–N with tert-alkyl or cyclic N) is 1. The molecule has 5 rings (SSSR count). The van der Waals surface area contributed by atoms with Crippen LogP contribution in [0.5, 0.6) is 5.88 Å². The molecule has 186 valence electrons. The van der Waals surface area contributed by atoms with Gasteiger partial charge in [-0.3, -0.25) is 9.59 Å². The molecule has 2 N–H and O–H groups in total. The van der Waals surface area contributed by atoms with E-state index in [1.165, 1.54) is 15.9 Å². The summed E-state index contributed by atoms with van der Waals surface area (Å²) < 4.78 is 12.2. The van der Waals surface area contributed by atoms with Crippen molar-refractivity contribution < 1.29 is 19.4 Å². The van der Waals surface area contributed by atoms with Gasteiger partial charge in [0, 0.05) is 50.3 Å². The van der Waals surface area contributed by atoms with Crippen LogP contribution in [0, 0.1) is 5.92 Å². The van der Waals surface area contributed by atoms with E-state index in [-0.39, 0.29) is 23.5 Å². The first-order chi connectivity index (χ1) is 17.0. The second-order valence-corrected chi connectivity index (χ2v) is 9.99. The average molecular weight is 500 g/mol. The highest BCUT2D eigenvalue weighted by atomic mass is 32.1. The Balaban J connectivity index is 1.40. The molecule has 2 aliphatic rings. The molecule has 11 heteroatoms. The van der Waals surface area contributed by atoms with Gasteiger partial charge < -0.3 is 29.4 Å². The minimum Gasteiger partial charge on any atom is -0.481 e. The number of carbonyl (C=O) groups is 1. The van der Waals surface area contributed by atoms with Gasteiger partial charge in [-0.2, -0.15) is 0 Å². The van der Waals surface area contributed by atoms with E-state index in [9.17, 15) is 14.7 Å². The molecule has 0 bridgehead atoms. The van der Waals surface area contributed by atoms with Gasteiger partial charge in [-0.15, -0.1) is 0 Å². The van der Waals surface area contributed by atoms with Crippen molar-refractivity contribution >= 4 is 38.4 Å². The van der Waals surface area contributed by atoms with Gasteiger partial charge in [0.2, 0.25) is 11.8 Å². The van der Waals surface area contributed by atoms with Crippen LogP contribution in [0.1, 0.15) is 31.7 Å². The molecule has 35 heavy (non-hydrogen) atoms. The molecule has 0 aliphatic carbocycles. The van der Waals surface area contributed by atoms with Crippen molar-refractivity contribution in [2.24, 2.45) is 5.92 Å². The van der Waals surface area contributed by atoms with Crippen molar-refractivity contribution in [3.8, 4) is 5.88 Å². The molecule has 3 aromatic heterocycles. The van der Waals surface area contributed by atoms with E-state index < -0.39 is 6.04 Å². The number of rotatable bonds is 7. The lowest BCUT2D eigenvalue weighted by molar-refractivity contribution is -0.120. The monoisotopic (exact) mass is 499 g/mol. The van der Waals surface area contributed by atoms with Crippen LogP contribution in [0.25, 0.3) is 10.3 Å². The number of ether oxygens (including phenoxy) is 2. The van der Waals surface area contributed by atoms with Gasteiger partial charge in [-0.05, 0) is 43.7 Å². The summed E-state index contributed by atoms with van der Waals surface area (Å²) in [6, 6.07) is 6.24. The van der Waals surface area contributed by atoms with E-state index in [1.807, 2.05) is 11.0 Å². The van der Waals surface area contributed by atoms with Crippen LogP contribution in [0.2, 0.25) is 0 Å². The third kappa shape index (κ3) is 5.31. The zero-order valence-corrected chi connectivity index (χ0v) is 20.4. The number of thiazole rings is 1. The molecule has 2 unspecified atom stereocenters. The molecule has 0 saturated carbocycles. The van der Waals surface area contributed by atoms with Crippen molar-refractivity contribution in [1.29, 1.82) is 0 Å². The number of anilines is 2. The quantitative estimate of drug-likeness (QED) is 0.509. The summed E-state index contributed by atoms with van der Waals surface area (Å²) in [5.41, 5.74) is 1.19. The Morgan fingerprint density at radius 1 is 1.29 bits per heavy atom. The number of fused-ring (bicyclic) bond motifs is 1. The summed E-state index contributed by atoms with van der Waals surface area (Å²) in [5, 5.41) is 13.2. The molecule has 0 radical (unpaired) electrons. The molecule has 3 aromatic rings. The van der Waals surface area contributed by atoms with Gasteiger partial charge in [0.25, 0.3) is 5.56 Å². The fourth-order valence-corrected chi connectivity index (χ4v) is 5.54. The molecular formula is C24H29N5O5S. The number of aromatic nitrogens is 3. The number of pyridine rings is 2. The number of methoxy groups -OCH3 is 1. The topological polar surface area (TPSA) is 119 Å². The number of carbonyl (C=O) groups excluding carboxylic acids is 1. The maximum atomic E-state index is 13.5. The molecule has 2 aliphatic heterocycles. The van der Waals surface area contributed by atoms with E-state index in [0.717, 1.165) is 18.5 Å². The zero-order valence-electron chi connectivity index (χ0n) is 19.6. The largest absolute Gasteiger partial charge is 0.481 e. The van der Waals surface area contributed by atoms with E-state index in [4.69, 9.17) is 9.47 Å². The maximum Gasteiger partial charge on any atom is 0.253 e. The second-order valence-electron chi connectivity index (χ2n) is 9.01. The number of hydrogen-bond donors (Lipinski definition) is 2. The van der Waals surface area contributed by atoms with E-state index in [2.05, 4.69) is 15.3 Å². The normalized spacial score (nSPS) is 19.7. The number of aliphatic hydroxyl groups excluding tert-OH is 1. The number of aliphatic hydroxyl groups is 1. The van der Waals surface area contributed by atoms with Gasteiger partial charge in [-0.25, -0.2) is 9.97 Å². The van der Waals surface area contributed by atoms with Gasteiger partial charge in [0.05, 0.1) is 13.2 Å². The Hall–Kier alpha value is -3.02. The van der Waals surface area contributed by atoms with Crippen molar-refractivity contribution in [2.45, 2.75) is 37.8 Å². The third-order valence-electron chi connectivity index (χ3n) is 6.67. The van der Waals surface area contributed by atoms with Gasteiger partial charge >= 0.3 is 0 Å². The van der Waals surface area contributed by atoms with Gasteiger partial charge in [0.15, 0.2) is 5.13 Å². The van der Waals surface area contributed by atoms with Crippen LogP contribution in [0.3, 0.4) is 0 Å². The van der Waals surface area contributed by atoms with Crippen LogP contribution in [-0.4, -0.2) is 65.1 Å². The number of nitrogens with one attached hydrogen (secondary N) is 1. The first-order valence-electron chi connectivity index (χ1n) is 11.9. The first-order valence-corrected chi connectivity index (χ1v) is 12.7. The second kappa shape index (κ2) is 10.3. The Morgan fingerprint density at radius 2 is 2.11 bits per heavy atom. The van der Waals surface area contributed by atoms with Crippen LogP contribution >= 0.6 is 11.3 Å². The lowest BCUT2D eigenvalue weighted by atomic mass is 9.92. The Bertz CT molecular complexity index is 1250. The fourth-order valence-electron chi connectivity index (χ4n) is 4.71. The summed E-state index contributed by atoms with van der Waals surface area (Å²) in [5.74, 6) is 0.476. The summed E-state index contributed by atoms with van der Waals surface area (Å²) in [4.78, 5) is 38.2. The molecule has 2 atom stereocenters. The first kappa shape index (κ1) is 23.7. The van der Waals surface area contributed by atoms with Crippen molar-refractivity contribution in [2.75, 3.05) is 43.6 Å². The molecular weight excluding hydrogens is 470 g/mol. The number of amides is 1. The van der Waals surface area contributed by atoms with Crippen LogP contribution in [0.4, 0.5) is 10.8 Å². The number of hydrogen-bond acceptors (Lipinski definition) is 9. The number of nitrogens with zero attached hydrogens (tertiary/aromatic N) is 4. The van der Waals surface area contributed by atoms with E-state index in [1.54, 1.807) is 31.5 Å². The highest BCUT2D eigenvalue weighted by Crippen LogP contribution is 2.30. The van der Waals surface area contributed by atoms with Gasteiger partial charge in [0.1, 0.15) is 16.4 Å². The summed E-state index contributed by atoms with van der Waals surface area (Å²) in [7, 11) is 1.55. The highest BCUT2D eigenvalue weighted by Gasteiger charge is 2.28. The van der Waals surface area contributed by atoms with Crippen molar-refractivity contribution in [1.82, 2.24) is 14.5 Å². The van der Waals surface area contributed by atoms with Gasteiger partial charge in [-0.1, -0.05) is 11.3 Å². The molecule has 0 spiro atoms. The Morgan fingerprint density at radius 3 is 2.83 bits per heavy atom. The Labute approximate surface area is 206 Å². The van der Waals surface area contributed by atoms with Crippen molar-refractivity contribution in [3.63, 3.8) is 0 Å². The molecule has 5 heterocycles. The average Bonchev–Trinajstić information content (AvgIpc) is 3.48. The standard InChI is InChI=1S/C24H29N5O5S/c1-33-20-3-2-18-23(26-20)35-24(25-18)27-22(32)19(12-15-6-10-34-11-7-15)29-9-4-16(13-21(29)31)28-8-5-17(30)14-28/h2-4,9,13,15,17,19,30H,5-8,10-12,14H2,1H3,(H,25,27,32). The molecule has 2 fully saturated rings. The van der Waals surface area contributed by atoms with E-state index in [0.29, 0.717) is 60.5 Å².